The number of piperidine rings is 1. The Morgan fingerprint density at radius 3 is 2.71 bits per heavy atom. The van der Waals surface area contributed by atoms with Crippen LogP contribution in [-0.2, 0) is 16.1 Å². The normalized spacial score (nSPS) is 15.6. The number of rotatable bonds is 6. The minimum atomic E-state index is -0.260. The van der Waals surface area contributed by atoms with E-state index in [1.54, 1.807) is 23.2 Å². The van der Waals surface area contributed by atoms with E-state index in [-0.39, 0.29) is 18.0 Å². The third-order valence-corrected chi connectivity index (χ3v) is 5.46. The standard InChI is InChI=1S/C16H24BrN3O3S/c1-3-23-16(22)20-8-6-12(7-9-20)18-15(21)11-19(2)10-13-4-5-14(17)24-13/h4-5,12H,3,6-11H2,1-2H3,(H,18,21). The Balaban J connectivity index is 1.68. The zero-order valence-corrected chi connectivity index (χ0v) is 16.5. The van der Waals surface area contributed by atoms with Crippen LogP contribution < -0.4 is 5.32 Å². The third kappa shape index (κ3) is 6.07. The largest absolute Gasteiger partial charge is 0.450 e. The summed E-state index contributed by atoms with van der Waals surface area (Å²) < 4.78 is 6.10. The molecule has 1 aliphatic heterocycles. The summed E-state index contributed by atoms with van der Waals surface area (Å²) >= 11 is 5.13. The molecule has 6 nitrogen and oxygen atoms in total. The molecule has 1 aromatic heterocycles. The molecule has 24 heavy (non-hydrogen) atoms. The first kappa shape index (κ1) is 19.2. The fourth-order valence-corrected chi connectivity index (χ4v) is 4.26. The molecular formula is C16H24BrN3O3S. The molecule has 1 saturated heterocycles. The molecule has 1 N–H and O–H groups in total. The average molecular weight is 418 g/mol. The number of halogens is 1. The average Bonchev–Trinajstić information content (AvgIpc) is 2.92. The maximum absolute atomic E-state index is 12.2. The van der Waals surface area contributed by atoms with E-state index >= 15 is 0 Å². The van der Waals surface area contributed by atoms with Crippen molar-refractivity contribution in [3.05, 3.63) is 20.8 Å². The fourth-order valence-electron chi connectivity index (χ4n) is 2.70. The molecule has 2 amide bonds. The fraction of sp³-hybridized carbons (Fsp3) is 0.625. The van der Waals surface area contributed by atoms with Crippen LogP contribution in [0.25, 0.3) is 0 Å². The van der Waals surface area contributed by atoms with Crippen molar-refractivity contribution in [3.63, 3.8) is 0 Å². The minimum Gasteiger partial charge on any atom is -0.450 e. The highest BCUT2D eigenvalue weighted by atomic mass is 79.9. The van der Waals surface area contributed by atoms with Crippen molar-refractivity contribution in [1.82, 2.24) is 15.1 Å². The number of likely N-dealkylation sites (N-methyl/N-ethyl adjacent to an activating group) is 1. The molecule has 0 aromatic carbocycles. The molecule has 2 heterocycles. The van der Waals surface area contributed by atoms with Crippen molar-refractivity contribution in [2.75, 3.05) is 33.3 Å². The van der Waals surface area contributed by atoms with Crippen molar-refractivity contribution < 1.29 is 14.3 Å². The highest BCUT2D eigenvalue weighted by Gasteiger charge is 2.24. The second-order valence-corrected chi connectivity index (χ2v) is 8.45. The van der Waals surface area contributed by atoms with Crippen molar-refractivity contribution >= 4 is 39.3 Å². The van der Waals surface area contributed by atoms with Crippen LogP contribution in [0, 0.1) is 0 Å². The summed E-state index contributed by atoms with van der Waals surface area (Å²) in [6.07, 6.45) is 1.28. The van der Waals surface area contributed by atoms with Gasteiger partial charge in [0.1, 0.15) is 0 Å². The molecule has 1 aliphatic rings. The van der Waals surface area contributed by atoms with Gasteiger partial charge in [-0.25, -0.2) is 4.79 Å². The van der Waals surface area contributed by atoms with Crippen molar-refractivity contribution in [2.24, 2.45) is 0 Å². The number of hydrogen-bond acceptors (Lipinski definition) is 5. The molecule has 2 rings (SSSR count). The predicted octanol–water partition coefficient (Wildman–Crippen LogP) is 2.68. The van der Waals surface area contributed by atoms with E-state index in [4.69, 9.17) is 4.74 Å². The maximum atomic E-state index is 12.2. The van der Waals surface area contributed by atoms with Crippen LogP contribution in [0.4, 0.5) is 4.79 Å². The summed E-state index contributed by atoms with van der Waals surface area (Å²) in [6, 6.07) is 4.21. The topological polar surface area (TPSA) is 61.9 Å². The van der Waals surface area contributed by atoms with Gasteiger partial charge in [-0.1, -0.05) is 0 Å². The monoisotopic (exact) mass is 417 g/mol. The first-order valence-corrected chi connectivity index (χ1v) is 9.72. The van der Waals surface area contributed by atoms with Crippen LogP contribution in [-0.4, -0.2) is 61.1 Å². The van der Waals surface area contributed by atoms with Gasteiger partial charge in [-0.3, -0.25) is 9.69 Å². The van der Waals surface area contributed by atoms with E-state index < -0.39 is 0 Å². The predicted molar refractivity (Wildman–Crippen MR) is 98.1 cm³/mol. The number of likely N-dealkylation sites (tertiary alicyclic amines) is 1. The second kappa shape index (κ2) is 9.39. The minimum absolute atomic E-state index is 0.0303. The Morgan fingerprint density at radius 1 is 1.42 bits per heavy atom. The Morgan fingerprint density at radius 2 is 2.12 bits per heavy atom. The van der Waals surface area contributed by atoms with Gasteiger partial charge in [0, 0.05) is 30.6 Å². The number of amides is 2. The van der Waals surface area contributed by atoms with E-state index in [2.05, 4.69) is 27.3 Å². The number of hydrogen-bond donors (Lipinski definition) is 1. The summed E-state index contributed by atoms with van der Waals surface area (Å²) in [5, 5.41) is 3.07. The van der Waals surface area contributed by atoms with E-state index in [0.717, 1.165) is 23.2 Å². The van der Waals surface area contributed by atoms with Gasteiger partial charge in [0.05, 0.1) is 16.9 Å². The summed E-state index contributed by atoms with van der Waals surface area (Å²) in [5.74, 6) is 0.0303. The van der Waals surface area contributed by atoms with Gasteiger partial charge in [0.2, 0.25) is 5.91 Å². The zero-order valence-electron chi connectivity index (χ0n) is 14.1. The Hall–Kier alpha value is -1.12. The number of nitrogens with zero attached hydrogens (tertiary/aromatic N) is 2. The lowest BCUT2D eigenvalue weighted by Crippen LogP contribution is -2.48. The summed E-state index contributed by atoms with van der Waals surface area (Å²) in [6.45, 7) is 4.57. The first-order valence-electron chi connectivity index (χ1n) is 8.11. The molecule has 134 valence electrons. The zero-order chi connectivity index (χ0) is 17.5. The Kier molecular flexibility index (Phi) is 7.51. The molecule has 0 radical (unpaired) electrons. The highest BCUT2D eigenvalue weighted by Crippen LogP contribution is 2.22. The van der Waals surface area contributed by atoms with Gasteiger partial charge in [-0.05, 0) is 54.9 Å². The summed E-state index contributed by atoms with van der Waals surface area (Å²) in [5.41, 5.74) is 0. The maximum Gasteiger partial charge on any atom is 0.409 e. The molecule has 0 bridgehead atoms. The van der Waals surface area contributed by atoms with Gasteiger partial charge < -0.3 is 15.0 Å². The summed E-state index contributed by atoms with van der Waals surface area (Å²) in [7, 11) is 1.94. The lowest BCUT2D eigenvalue weighted by Gasteiger charge is -2.31. The molecule has 0 spiro atoms. The molecule has 0 unspecified atom stereocenters. The van der Waals surface area contributed by atoms with Crippen LogP contribution in [0.3, 0.4) is 0 Å². The smallest absolute Gasteiger partial charge is 0.409 e. The van der Waals surface area contributed by atoms with Gasteiger partial charge in [0.15, 0.2) is 0 Å². The molecule has 0 atom stereocenters. The van der Waals surface area contributed by atoms with E-state index in [0.29, 0.717) is 26.2 Å². The van der Waals surface area contributed by atoms with Crippen molar-refractivity contribution in [3.8, 4) is 0 Å². The van der Waals surface area contributed by atoms with Gasteiger partial charge in [-0.15, -0.1) is 11.3 Å². The molecule has 8 heteroatoms. The van der Waals surface area contributed by atoms with Crippen molar-refractivity contribution in [2.45, 2.75) is 32.4 Å². The first-order chi connectivity index (χ1) is 11.5. The van der Waals surface area contributed by atoms with E-state index in [1.165, 1.54) is 4.88 Å². The lowest BCUT2D eigenvalue weighted by molar-refractivity contribution is -0.123. The van der Waals surface area contributed by atoms with Crippen LogP contribution >= 0.6 is 27.3 Å². The lowest BCUT2D eigenvalue weighted by atomic mass is 10.1. The van der Waals surface area contributed by atoms with Gasteiger partial charge in [0.25, 0.3) is 0 Å². The number of carbonyl (C=O) groups is 2. The summed E-state index contributed by atoms with van der Waals surface area (Å²) in [4.78, 5) is 28.8. The quantitative estimate of drug-likeness (QED) is 0.772. The highest BCUT2D eigenvalue weighted by molar-refractivity contribution is 9.11. The second-order valence-electron chi connectivity index (χ2n) is 5.91. The number of carbonyl (C=O) groups excluding carboxylic acids is 2. The SMILES string of the molecule is CCOC(=O)N1CCC(NC(=O)CN(C)Cc2ccc(Br)s2)CC1. The van der Waals surface area contributed by atoms with E-state index in [1.807, 2.05) is 18.0 Å². The third-order valence-electron chi connectivity index (χ3n) is 3.85. The molecule has 0 saturated carbocycles. The van der Waals surface area contributed by atoms with Crippen LogP contribution in [0.5, 0.6) is 0 Å². The number of nitrogens with one attached hydrogen (secondary N) is 1. The van der Waals surface area contributed by atoms with Gasteiger partial charge in [-0.2, -0.15) is 0 Å². The van der Waals surface area contributed by atoms with Crippen LogP contribution in [0.2, 0.25) is 0 Å². The Bertz CT molecular complexity index is 559. The van der Waals surface area contributed by atoms with Crippen LogP contribution in [0.1, 0.15) is 24.6 Å². The van der Waals surface area contributed by atoms with Crippen molar-refractivity contribution in [1.29, 1.82) is 0 Å². The number of thiophene rings is 1. The van der Waals surface area contributed by atoms with E-state index in [9.17, 15) is 9.59 Å². The molecule has 1 aromatic rings. The van der Waals surface area contributed by atoms with Gasteiger partial charge >= 0.3 is 6.09 Å². The molecule has 1 fully saturated rings. The Labute approximate surface area is 155 Å². The molecular weight excluding hydrogens is 394 g/mol. The number of ether oxygens (including phenoxy) is 1. The van der Waals surface area contributed by atoms with Crippen LogP contribution in [0.15, 0.2) is 15.9 Å². The molecule has 0 aliphatic carbocycles.